The van der Waals surface area contributed by atoms with Gasteiger partial charge < -0.3 is 15.4 Å². The predicted molar refractivity (Wildman–Crippen MR) is 79.4 cm³/mol. The first kappa shape index (κ1) is 14.9. The highest BCUT2D eigenvalue weighted by molar-refractivity contribution is 5.83. The van der Waals surface area contributed by atoms with E-state index < -0.39 is 5.41 Å². The molecule has 1 aromatic rings. The molecule has 0 heterocycles. The van der Waals surface area contributed by atoms with Gasteiger partial charge in [-0.3, -0.25) is 4.79 Å². The third-order valence-electron chi connectivity index (χ3n) is 4.42. The molecule has 4 nitrogen and oxygen atoms in total. The highest BCUT2D eigenvalue weighted by Crippen LogP contribution is 2.38. The van der Waals surface area contributed by atoms with Gasteiger partial charge in [0.05, 0.1) is 12.5 Å². The fourth-order valence-corrected chi connectivity index (χ4v) is 3.01. The lowest BCUT2D eigenvalue weighted by atomic mass is 9.83. The van der Waals surface area contributed by atoms with Crippen LogP contribution in [0.25, 0.3) is 0 Å². The molecule has 0 radical (unpaired) electrons. The van der Waals surface area contributed by atoms with Crippen LogP contribution in [-0.2, 0) is 11.3 Å². The number of nitrogens with zero attached hydrogens (tertiary/aromatic N) is 1. The smallest absolute Gasteiger partial charge is 0.230 e. The van der Waals surface area contributed by atoms with Crippen LogP contribution in [0.3, 0.4) is 0 Å². The third-order valence-corrected chi connectivity index (χ3v) is 4.42. The first-order valence-electron chi connectivity index (χ1n) is 7.11. The molecule has 0 aromatic heterocycles. The Hall–Kier alpha value is -1.55. The van der Waals surface area contributed by atoms with E-state index >= 15 is 0 Å². The molecule has 20 heavy (non-hydrogen) atoms. The van der Waals surface area contributed by atoms with Gasteiger partial charge in [0.1, 0.15) is 5.75 Å². The van der Waals surface area contributed by atoms with Gasteiger partial charge in [-0.05, 0) is 37.5 Å². The topological polar surface area (TPSA) is 55.6 Å². The summed E-state index contributed by atoms with van der Waals surface area (Å²) in [6.07, 6.45) is 2.86. The lowest BCUT2D eigenvalue weighted by Crippen LogP contribution is -2.47. The van der Waals surface area contributed by atoms with Gasteiger partial charge in [0, 0.05) is 19.6 Å². The molecule has 0 bridgehead atoms. The van der Waals surface area contributed by atoms with E-state index in [1.807, 2.05) is 38.2 Å². The Morgan fingerprint density at radius 1 is 1.55 bits per heavy atom. The van der Waals surface area contributed by atoms with Gasteiger partial charge in [0.15, 0.2) is 0 Å². The summed E-state index contributed by atoms with van der Waals surface area (Å²) in [6.45, 7) is 2.58. The fourth-order valence-electron chi connectivity index (χ4n) is 3.01. The van der Waals surface area contributed by atoms with Crippen LogP contribution in [0.15, 0.2) is 24.3 Å². The molecule has 1 aliphatic carbocycles. The van der Waals surface area contributed by atoms with E-state index in [2.05, 4.69) is 0 Å². The Kier molecular flexibility index (Phi) is 4.33. The molecule has 1 aromatic carbocycles. The van der Waals surface area contributed by atoms with Crippen molar-refractivity contribution < 1.29 is 9.53 Å². The summed E-state index contributed by atoms with van der Waals surface area (Å²) in [6, 6.07) is 7.78. The van der Waals surface area contributed by atoms with Crippen molar-refractivity contribution >= 4 is 5.91 Å². The molecule has 1 amide bonds. The van der Waals surface area contributed by atoms with E-state index in [9.17, 15) is 4.79 Å². The average molecular weight is 276 g/mol. The van der Waals surface area contributed by atoms with Crippen LogP contribution in [0.2, 0.25) is 0 Å². The SMILES string of the molecule is COc1cccc(CN(C)C(=O)C2(C)CCCC2N)c1. The van der Waals surface area contributed by atoms with Gasteiger partial charge in [0.25, 0.3) is 0 Å². The molecule has 0 aliphatic heterocycles. The van der Waals surface area contributed by atoms with Crippen LogP contribution in [0.1, 0.15) is 31.7 Å². The van der Waals surface area contributed by atoms with Crippen molar-refractivity contribution in [2.24, 2.45) is 11.1 Å². The molecule has 1 fully saturated rings. The van der Waals surface area contributed by atoms with E-state index in [-0.39, 0.29) is 11.9 Å². The number of rotatable bonds is 4. The van der Waals surface area contributed by atoms with E-state index in [1.165, 1.54) is 0 Å². The maximum absolute atomic E-state index is 12.7. The van der Waals surface area contributed by atoms with E-state index in [0.717, 1.165) is 30.6 Å². The number of amides is 1. The highest BCUT2D eigenvalue weighted by atomic mass is 16.5. The van der Waals surface area contributed by atoms with Crippen molar-refractivity contribution in [2.45, 2.75) is 38.8 Å². The third kappa shape index (κ3) is 2.80. The standard InChI is InChI=1S/C16H24N2O2/c1-16(9-5-8-14(16)17)15(19)18(2)11-12-6-4-7-13(10-12)20-3/h4,6-7,10,14H,5,8-9,11,17H2,1-3H3. The van der Waals surface area contributed by atoms with Crippen molar-refractivity contribution in [3.63, 3.8) is 0 Å². The van der Waals surface area contributed by atoms with Gasteiger partial charge in [0.2, 0.25) is 5.91 Å². The van der Waals surface area contributed by atoms with Crippen molar-refractivity contribution in [1.82, 2.24) is 4.90 Å². The Labute approximate surface area is 120 Å². The molecule has 2 unspecified atom stereocenters. The number of hydrogen-bond donors (Lipinski definition) is 1. The zero-order valence-corrected chi connectivity index (χ0v) is 12.6. The van der Waals surface area contributed by atoms with Crippen LogP contribution in [-0.4, -0.2) is 31.0 Å². The molecule has 2 atom stereocenters. The van der Waals surface area contributed by atoms with Gasteiger partial charge in [-0.25, -0.2) is 0 Å². The zero-order chi connectivity index (χ0) is 14.8. The Morgan fingerprint density at radius 3 is 2.90 bits per heavy atom. The molecule has 2 N–H and O–H groups in total. The zero-order valence-electron chi connectivity index (χ0n) is 12.6. The Balaban J connectivity index is 2.07. The molecular weight excluding hydrogens is 252 g/mol. The number of carbonyl (C=O) groups is 1. The Morgan fingerprint density at radius 2 is 2.30 bits per heavy atom. The van der Waals surface area contributed by atoms with Crippen molar-refractivity contribution in [1.29, 1.82) is 0 Å². The van der Waals surface area contributed by atoms with Crippen LogP contribution in [0, 0.1) is 5.41 Å². The number of carbonyl (C=O) groups excluding carboxylic acids is 1. The Bertz CT molecular complexity index is 489. The first-order chi connectivity index (χ1) is 9.47. The fraction of sp³-hybridized carbons (Fsp3) is 0.562. The van der Waals surface area contributed by atoms with Gasteiger partial charge in [-0.1, -0.05) is 18.6 Å². The maximum atomic E-state index is 12.7. The van der Waals surface area contributed by atoms with Gasteiger partial charge >= 0.3 is 0 Å². The van der Waals surface area contributed by atoms with Gasteiger partial charge in [-0.15, -0.1) is 0 Å². The minimum atomic E-state index is -0.409. The molecule has 2 rings (SSSR count). The molecular formula is C16H24N2O2. The number of methoxy groups -OCH3 is 1. The number of ether oxygens (including phenoxy) is 1. The minimum Gasteiger partial charge on any atom is -0.497 e. The van der Waals surface area contributed by atoms with Crippen molar-refractivity contribution in [3.05, 3.63) is 29.8 Å². The summed E-state index contributed by atoms with van der Waals surface area (Å²) >= 11 is 0. The number of nitrogens with two attached hydrogens (primary N) is 1. The predicted octanol–water partition coefficient (Wildman–Crippen LogP) is 2.17. The van der Waals surface area contributed by atoms with Crippen LogP contribution in [0.5, 0.6) is 5.75 Å². The maximum Gasteiger partial charge on any atom is 0.230 e. The second kappa shape index (κ2) is 5.83. The summed E-state index contributed by atoms with van der Waals surface area (Å²) in [5, 5.41) is 0. The highest BCUT2D eigenvalue weighted by Gasteiger charge is 2.44. The summed E-state index contributed by atoms with van der Waals surface area (Å²) in [5.74, 6) is 0.956. The lowest BCUT2D eigenvalue weighted by molar-refractivity contribution is -0.140. The molecule has 0 spiro atoms. The minimum absolute atomic E-state index is 0.0252. The lowest BCUT2D eigenvalue weighted by Gasteiger charge is -2.32. The second-order valence-corrected chi connectivity index (χ2v) is 5.93. The molecule has 110 valence electrons. The van der Waals surface area contributed by atoms with Crippen LogP contribution in [0.4, 0.5) is 0 Å². The van der Waals surface area contributed by atoms with Crippen molar-refractivity contribution in [3.8, 4) is 5.75 Å². The monoisotopic (exact) mass is 276 g/mol. The van der Waals surface area contributed by atoms with Crippen LogP contribution < -0.4 is 10.5 Å². The normalized spacial score (nSPS) is 25.5. The van der Waals surface area contributed by atoms with Crippen molar-refractivity contribution in [2.75, 3.05) is 14.2 Å². The largest absolute Gasteiger partial charge is 0.497 e. The average Bonchev–Trinajstić information content (AvgIpc) is 2.79. The summed E-state index contributed by atoms with van der Waals surface area (Å²) in [5.41, 5.74) is 6.78. The second-order valence-electron chi connectivity index (χ2n) is 5.93. The van der Waals surface area contributed by atoms with Gasteiger partial charge in [-0.2, -0.15) is 0 Å². The number of benzene rings is 1. The molecule has 0 saturated heterocycles. The quantitative estimate of drug-likeness (QED) is 0.917. The summed E-state index contributed by atoms with van der Waals surface area (Å²) < 4.78 is 5.21. The van der Waals surface area contributed by atoms with E-state index in [4.69, 9.17) is 10.5 Å². The number of hydrogen-bond acceptors (Lipinski definition) is 3. The van der Waals surface area contributed by atoms with Crippen LogP contribution >= 0.6 is 0 Å². The molecule has 4 heteroatoms. The first-order valence-corrected chi connectivity index (χ1v) is 7.11. The van der Waals surface area contributed by atoms with E-state index in [0.29, 0.717) is 6.54 Å². The molecule has 1 saturated carbocycles. The summed E-state index contributed by atoms with van der Waals surface area (Å²) in [7, 11) is 3.49. The summed E-state index contributed by atoms with van der Waals surface area (Å²) in [4.78, 5) is 14.4. The molecule has 1 aliphatic rings. The van der Waals surface area contributed by atoms with E-state index in [1.54, 1.807) is 12.0 Å².